The Labute approximate surface area is 104 Å². The normalized spacial score (nSPS) is 19.0. The number of hydrogen-bond acceptors (Lipinski definition) is 6. The number of amides is 1. The molecule has 1 atom stereocenters. The van der Waals surface area contributed by atoms with E-state index in [9.17, 15) is 4.79 Å². The predicted molar refractivity (Wildman–Crippen MR) is 66.1 cm³/mol. The monoisotopic (exact) mass is 247 g/mol. The zero-order chi connectivity index (χ0) is 13.1. The van der Waals surface area contributed by atoms with Gasteiger partial charge in [0.15, 0.2) is 6.29 Å². The minimum Gasteiger partial charge on any atom is -0.452 e. The topological polar surface area (TPSA) is 107 Å². The van der Waals surface area contributed by atoms with Crippen LogP contribution >= 0.6 is 0 Å². The third kappa shape index (κ3) is 2.03. The second-order valence-electron chi connectivity index (χ2n) is 3.55. The van der Waals surface area contributed by atoms with Crippen molar-refractivity contribution >= 4 is 17.9 Å². The van der Waals surface area contributed by atoms with Gasteiger partial charge in [-0.2, -0.15) is 0 Å². The van der Waals surface area contributed by atoms with Crippen molar-refractivity contribution in [3.63, 3.8) is 0 Å². The molecule has 94 valence electrons. The van der Waals surface area contributed by atoms with Gasteiger partial charge in [-0.25, -0.2) is 9.69 Å². The van der Waals surface area contributed by atoms with Crippen LogP contribution in [0.4, 0.5) is 4.79 Å². The van der Waals surface area contributed by atoms with E-state index in [0.717, 1.165) is 4.90 Å². The molecular weight excluding hydrogens is 234 g/mol. The van der Waals surface area contributed by atoms with Gasteiger partial charge in [-0.05, 0) is 12.1 Å². The van der Waals surface area contributed by atoms with Crippen LogP contribution in [0.2, 0.25) is 0 Å². The fraction of sp³-hybridized carbons (Fsp3) is 0.182. The average molecular weight is 247 g/mol. The summed E-state index contributed by atoms with van der Waals surface area (Å²) in [6.07, 6.45) is 1.58. The van der Waals surface area contributed by atoms with Gasteiger partial charge in [0.2, 0.25) is 0 Å². The molecule has 1 aliphatic heterocycles. The van der Waals surface area contributed by atoms with Gasteiger partial charge in [-0.1, -0.05) is 6.07 Å². The summed E-state index contributed by atoms with van der Waals surface area (Å²) in [5, 5.41) is 0. The van der Waals surface area contributed by atoms with E-state index < -0.39 is 12.4 Å². The number of pyridine rings is 1. The molecule has 0 aromatic carbocycles. The molecule has 1 amide bonds. The maximum atomic E-state index is 11.6. The Morgan fingerprint density at radius 1 is 1.50 bits per heavy atom. The molecule has 0 saturated carbocycles. The van der Waals surface area contributed by atoms with E-state index in [1.807, 2.05) is 6.07 Å². The van der Waals surface area contributed by atoms with Crippen molar-refractivity contribution in [2.75, 3.05) is 7.11 Å². The number of aromatic nitrogens is 1. The number of ether oxygens (including phenoxy) is 1. The molecule has 18 heavy (non-hydrogen) atoms. The Bertz CT molecular complexity index is 511. The highest BCUT2D eigenvalue weighted by Gasteiger charge is 2.28. The summed E-state index contributed by atoms with van der Waals surface area (Å²) in [5.41, 5.74) is 12.7. The van der Waals surface area contributed by atoms with Crippen LogP contribution in [0.25, 0.3) is 5.57 Å². The second-order valence-corrected chi connectivity index (χ2v) is 3.55. The molecule has 1 aromatic rings. The summed E-state index contributed by atoms with van der Waals surface area (Å²) in [6, 6.07) is 5.36. The predicted octanol–water partition coefficient (Wildman–Crippen LogP) is 0.104. The molecule has 0 radical (unpaired) electrons. The molecule has 2 heterocycles. The van der Waals surface area contributed by atoms with Gasteiger partial charge in [0.05, 0.1) is 18.4 Å². The fourth-order valence-corrected chi connectivity index (χ4v) is 1.58. The van der Waals surface area contributed by atoms with E-state index in [0.29, 0.717) is 11.3 Å². The van der Waals surface area contributed by atoms with Gasteiger partial charge in [-0.3, -0.25) is 15.7 Å². The maximum Gasteiger partial charge on any atom is 0.418 e. The highest BCUT2D eigenvalue weighted by Crippen LogP contribution is 2.20. The summed E-state index contributed by atoms with van der Waals surface area (Å²) in [7, 11) is 1.25. The van der Waals surface area contributed by atoms with E-state index in [4.69, 9.17) is 11.5 Å². The van der Waals surface area contributed by atoms with E-state index in [1.54, 1.807) is 18.3 Å². The maximum absolute atomic E-state index is 11.6. The fourth-order valence-electron chi connectivity index (χ4n) is 1.58. The number of carbonyl (C=O) groups is 1. The average Bonchev–Trinajstić information content (AvgIpc) is 2.39. The number of aliphatic imine (C=N–C) groups is 1. The molecule has 0 spiro atoms. The van der Waals surface area contributed by atoms with Crippen molar-refractivity contribution in [1.29, 1.82) is 0 Å². The molecular formula is C11H13N5O2. The lowest BCUT2D eigenvalue weighted by atomic mass is 10.1. The van der Waals surface area contributed by atoms with Gasteiger partial charge in [0.1, 0.15) is 5.82 Å². The molecule has 0 aliphatic carbocycles. The molecule has 1 aliphatic rings. The minimum absolute atomic E-state index is 0.169. The van der Waals surface area contributed by atoms with Crippen LogP contribution < -0.4 is 11.5 Å². The van der Waals surface area contributed by atoms with Crippen molar-refractivity contribution in [3.8, 4) is 0 Å². The molecule has 0 fully saturated rings. The zero-order valence-corrected chi connectivity index (χ0v) is 9.78. The van der Waals surface area contributed by atoms with Crippen molar-refractivity contribution < 1.29 is 9.53 Å². The van der Waals surface area contributed by atoms with E-state index in [-0.39, 0.29) is 5.82 Å². The van der Waals surface area contributed by atoms with Crippen LogP contribution in [0.1, 0.15) is 5.69 Å². The zero-order valence-electron chi connectivity index (χ0n) is 9.78. The molecule has 4 N–H and O–H groups in total. The lowest BCUT2D eigenvalue weighted by Gasteiger charge is -2.29. The van der Waals surface area contributed by atoms with Crippen LogP contribution in [-0.4, -0.2) is 35.6 Å². The van der Waals surface area contributed by atoms with E-state index in [2.05, 4.69) is 14.7 Å². The summed E-state index contributed by atoms with van der Waals surface area (Å²) >= 11 is 0. The standard InChI is InChI=1S/C11H13N5O2/c1-18-11(17)16-9(12)7(6-15-10(16)13)8-4-2-3-5-14-8/h2-6,10H,12-13H2,1H3. The van der Waals surface area contributed by atoms with Crippen molar-refractivity contribution in [2.24, 2.45) is 16.5 Å². The number of carbonyl (C=O) groups excluding carboxylic acids is 1. The third-order valence-electron chi connectivity index (χ3n) is 2.47. The molecule has 1 unspecified atom stereocenters. The van der Waals surface area contributed by atoms with E-state index >= 15 is 0 Å². The molecule has 7 heteroatoms. The molecule has 0 saturated heterocycles. The van der Waals surface area contributed by atoms with Gasteiger partial charge in [0, 0.05) is 12.4 Å². The molecule has 0 bridgehead atoms. The summed E-state index contributed by atoms with van der Waals surface area (Å²) < 4.78 is 4.61. The van der Waals surface area contributed by atoms with Crippen LogP contribution in [0.5, 0.6) is 0 Å². The third-order valence-corrected chi connectivity index (χ3v) is 2.47. The van der Waals surface area contributed by atoms with Gasteiger partial charge < -0.3 is 10.5 Å². The van der Waals surface area contributed by atoms with Gasteiger partial charge in [0.25, 0.3) is 0 Å². The summed E-state index contributed by atoms with van der Waals surface area (Å²) in [6.45, 7) is 0. The van der Waals surface area contributed by atoms with Crippen LogP contribution in [0.15, 0.2) is 35.2 Å². The Kier molecular flexibility index (Phi) is 3.24. The summed E-state index contributed by atoms with van der Waals surface area (Å²) in [5.74, 6) is 0.169. The smallest absolute Gasteiger partial charge is 0.418 e. The number of rotatable bonds is 1. The molecule has 2 rings (SSSR count). The first-order valence-corrected chi connectivity index (χ1v) is 5.22. The largest absolute Gasteiger partial charge is 0.452 e. The van der Waals surface area contributed by atoms with Crippen LogP contribution in [0.3, 0.4) is 0 Å². The number of allylic oxidation sites excluding steroid dienone is 1. The highest BCUT2D eigenvalue weighted by atomic mass is 16.5. The van der Waals surface area contributed by atoms with Crippen molar-refractivity contribution in [2.45, 2.75) is 6.29 Å². The quantitative estimate of drug-likeness (QED) is 0.732. The Hall–Kier alpha value is -2.41. The number of nitrogens with zero attached hydrogens (tertiary/aromatic N) is 3. The van der Waals surface area contributed by atoms with Crippen LogP contribution in [0, 0.1) is 0 Å². The highest BCUT2D eigenvalue weighted by molar-refractivity contribution is 6.11. The van der Waals surface area contributed by atoms with Crippen molar-refractivity contribution in [3.05, 3.63) is 35.9 Å². The SMILES string of the molecule is COC(=O)N1C(N)=C(c2ccccn2)C=NC1N. The van der Waals surface area contributed by atoms with Gasteiger partial charge in [-0.15, -0.1) is 0 Å². The first-order valence-electron chi connectivity index (χ1n) is 5.22. The lowest BCUT2D eigenvalue weighted by molar-refractivity contribution is 0.122. The number of hydrogen-bond donors (Lipinski definition) is 2. The van der Waals surface area contributed by atoms with Crippen LogP contribution in [-0.2, 0) is 4.74 Å². The van der Waals surface area contributed by atoms with Gasteiger partial charge >= 0.3 is 6.09 Å². The summed E-state index contributed by atoms with van der Waals surface area (Å²) in [4.78, 5) is 20.8. The van der Waals surface area contributed by atoms with E-state index in [1.165, 1.54) is 13.3 Å². The minimum atomic E-state index is -0.884. The first-order chi connectivity index (χ1) is 8.65. The second kappa shape index (κ2) is 4.84. The van der Waals surface area contributed by atoms with Crippen molar-refractivity contribution in [1.82, 2.24) is 9.88 Å². The Balaban J connectivity index is 2.44. The Morgan fingerprint density at radius 2 is 2.28 bits per heavy atom. The molecule has 7 nitrogen and oxygen atoms in total. The first kappa shape index (κ1) is 12.1. The lowest BCUT2D eigenvalue weighted by Crippen LogP contribution is -2.48. The Morgan fingerprint density at radius 3 is 2.89 bits per heavy atom. The number of nitrogens with two attached hydrogens (primary N) is 2. The number of methoxy groups -OCH3 is 1. The molecule has 1 aromatic heterocycles.